The molecular formula is C56H57SiZr. The van der Waals surface area contributed by atoms with Crippen LogP contribution in [-0.2, 0) is 37.0 Å². The molecule has 0 aromatic heterocycles. The van der Waals surface area contributed by atoms with E-state index in [-0.39, 0.29) is 37.0 Å². The Balaban J connectivity index is 0.000000150. The number of rotatable bonds is 2. The maximum atomic E-state index is 3.31. The summed E-state index contributed by atoms with van der Waals surface area (Å²) in [6.45, 7) is 26.9. The first-order valence-electron chi connectivity index (χ1n) is 20.4. The molecule has 289 valence electrons. The molecule has 1 aliphatic heterocycles. The van der Waals surface area contributed by atoms with Crippen LogP contribution >= 0.6 is 0 Å². The van der Waals surface area contributed by atoms with E-state index in [4.69, 9.17) is 0 Å². The van der Waals surface area contributed by atoms with E-state index in [9.17, 15) is 0 Å². The van der Waals surface area contributed by atoms with Gasteiger partial charge in [-0.05, 0) is 85.8 Å². The smallest absolute Gasteiger partial charge is 0.184 e. The fourth-order valence-electron chi connectivity index (χ4n) is 8.17. The van der Waals surface area contributed by atoms with Gasteiger partial charge in [-0.2, -0.15) is 41.6 Å². The van der Waals surface area contributed by atoms with E-state index < -0.39 is 0 Å². The topological polar surface area (TPSA) is 0 Å². The number of hydrogen-bond donors (Lipinski definition) is 0. The van der Waals surface area contributed by atoms with Crippen molar-refractivity contribution in [1.29, 1.82) is 0 Å². The first-order valence-corrected chi connectivity index (χ1v) is 21.4. The van der Waals surface area contributed by atoms with Gasteiger partial charge in [-0.25, -0.2) is 0 Å². The van der Waals surface area contributed by atoms with Crippen LogP contribution < -0.4 is 10.4 Å². The minimum Gasteiger partial charge on any atom is -0.184 e. The van der Waals surface area contributed by atoms with E-state index in [1.807, 2.05) is 6.07 Å². The SMILES string of the molecule is Cc1cc(C)c(C)c(-c2cccc3[cH-]c(C(C)(C)C)cc23)c1.Cc1cc(C)c(C)c(-c2cccc3[cH-]c(C(C)(C)C)cc23)c1.[Zr+3].[c-]1cccc2c1[Si]c1ccccc1-2. The van der Waals surface area contributed by atoms with Crippen molar-refractivity contribution in [2.45, 2.75) is 93.9 Å². The molecule has 0 spiro atoms. The van der Waals surface area contributed by atoms with Crippen LogP contribution in [0.2, 0.25) is 0 Å². The predicted molar refractivity (Wildman–Crippen MR) is 252 cm³/mol. The van der Waals surface area contributed by atoms with Gasteiger partial charge in [-0.1, -0.05) is 135 Å². The van der Waals surface area contributed by atoms with Crippen molar-refractivity contribution in [3.8, 4) is 33.4 Å². The maximum Gasteiger partial charge on any atom is 3.00 e. The molecule has 0 unspecified atom stereocenters. The van der Waals surface area contributed by atoms with Crippen LogP contribution in [0.25, 0.3) is 54.9 Å². The summed E-state index contributed by atoms with van der Waals surface area (Å²) in [7, 11) is 0.795. The van der Waals surface area contributed by atoms with Gasteiger partial charge >= 0.3 is 26.2 Å². The Hall–Kier alpha value is -4.36. The summed E-state index contributed by atoms with van der Waals surface area (Å²) in [5, 5.41) is 8.27. The maximum absolute atomic E-state index is 3.31. The van der Waals surface area contributed by atoms with Crippen LogP contribution in [0, 0.1) is 47.6 Å². The van der Waals surface area contributed by atoms with Gasteiger partial charge in [-0.3, -0.25) is 0 Å². The van der Waals surface area contributed by atoms with Crippen LogP contribution in [0.15, 0.2) is 127 Å². The first kappa shape index (κ1) is 43.2. The third-order valence-electron chi connectivity index (χ3n) is 11.8. The molecule has 9 rings (SSSR count). The van der Waals surface area contributed by atoms with Crippen molar-refractivity contribution in [3.63, 3.8) is 0 Å². The number of hydrogen-bond acceptors (Lipinski definition) is 0. The Bertz CT molecular complexity index is 2550. The zero-order chi connectivity index (χ0) is 40.8. The van der Waals surface area contributed by atoms with E-state index in [2.05, 4.69) is 210 Å². The molecule has 0 N–H and O–H groups in total. The van der Waals surface area contributed by atoms with Crippen molar-refractivity contribution >= 4 is 41.4 Å². The van der Waals surface area contributed by atoms with Gasteiger partial charge in [0.25, 0.3) is 0 Å². The Kier molecular flexibility index (Phi) is 12.7. The second kappa shape index (κ2) is 17.1. The van der Waals surface area contributed by atoms with E-state index in [1.54, 1.807) is 0 Å². The van der Waals surface area contributed by atoms with Crippen molar-refractivity contribution in [2.75, 3.05) is 0 Å². The van der Waals surface area contributed by atoms with Crippen molar-refractivity contribution in [2.24, 2.45) is 0 Å². The molecule has 8 aromatic carbocycles. The van der Waals surface area contributed by atoms with Crippen LogP contribution in [-0.4, -0.2) is 9.52 Å². The van der Waals surface area contributed by atoms with Crippen LogP contribution in [0.1, 0.15) is 86.1 Å². The van der Waals surface area contributed by atoms with E-state index in [0.717, 1.165) is 9.52 Å². The molecule has 8 aromatic rings. The molecule has 0 saturated heterocycles. The molecular weight excluding hydrogens is 792 g/mol. The zero-order valence-electron chi connectivity index (χ0n) is 36.6. The molecule has 0 bridgehead atoms. The molecule has 58 heavy (non-hydrogen) atoms. The molecule has 1 heterocycles. The van der Waals surface area contributed by atoms with Crippen LogP contribution in [0.5, 0.6) is 0 Å². The Labute approximate surface area is 370 Å². The predicted octanol–water partition coefficient (Wildman–Crippen LogP) is 14.0. The minimum absolute atomic E-state index is 0. The fraction of sp³-hybridized carbons (Fsp3) is 0.250. The minimum atomic E-state index is 0. The second-order valence-electron chi connectivity index (χ2n) is 18.2. The zero-order valence-corrected chi connectivity index (χ0v) is 40.1. The largest absolute Gasteiger partial charge is 3.00 e. The van der Waals surface area contributed by atoms with Gasteiger partial charge in [0.15, 0.2) is 0 Å². The average molecular weight is 849 g/mol. The molecule has 2 heteroatoms. The molecule has 0 fully saturated rings. The number of aryl methyl sites for hydroxylation is 4. The summed E-state index contributed by atoms with van der Waals surface area (Å²) in [6, 6.07) is 50.1. The van der Waals surface area contributed by atoms with Gasteiger partial charge in [-0.15, -0.1) is 74.6 Å². The molecule has 0 atom stereocenters. The summed E-state index contributed by atoms with van der Waals surface area (Å²) in [4.78, 5) is 0. The van der Waals surface area contributed by atoms with Gasteiger partial charge in [0.2, 0.25) is 0 Å². The quantitative estimate of drug-likeness (QED) is 0.120. The van der Waals surface area contributed by atoms with Crippen LogP contribution in [0.3, 0.4) is 0 Å². The monoisotopic (exact) mass is 847 g/mol. The molecule has 0 saturated carbocycles. The number of fused-ring (bicyclic) bond motifs is 5. The summed E-state index contributed by atoms with van der Waals surface area (Å²) >= 11 is 0. The van der Waals surface area contributed by atoms with Crippen molar-refractivity contribution in [3.05, 3.63) is 178 Å². The Morgan fingerprint density at radius 3 is 1.40 bits per heavy atom. The van der Waals surface area contributed by atoms with E-state index in [1.165, 1.54) is 110 Å². The second-order valence-corrected chi connectivity index (χ2v) is 19.5. The molecule has 0 aliphatic carbocycles. The third kappa shape index (κ3) is 8.95. The van der Waals surface area contributed by atoms with Gasteiger partial charge in [0, 0.05) is 0 Å². The molecule has 3 radical (unpaired) electrons. The van der Waals surface area contributed by atoms with Gasteiger partial charge in [0.05, 0.1) is 9.52 Å². The molecule has 0 amide bonds. The van der Waals surface area contributed by atoms with Crippen LogP contribution in [0.4, 0.5) is 0 Å². The normalized spacial score (nSPS) is 11.9. The molecule has 0 nitrogen and oxygen atoms in total. The summed E-state index contributed by atoms with van der Waals surface area (Å²) < 4.78 is 0. The first-order chi connectivity index (χ1) is 27.0. The van der Waals surface area contributed by atoms with Gasteiger partial charge in [0.1, 0.15) is 0 Å². The Morgan fingerprint density at radius 1 is 0.466 bits per heavy atom. The van der Waals surface area contributed by atoms with Crippen molar-refractivity contribution < 1.29 is 26.2 Å². The Morgan fingerprint density at radius 2 is 0.914 bits per heavy atom. The van der Waals surface area contributed by atoms with Gasteiger partial charge < -0.3 is 0 Å². The molecule has 1 aliphatic rings. The number of benzene rings is 6. The third-order valence-corrected chi connectivity index (χ3v) is 13.1. The summed E-state index contributed by atoms with van der Waals surface area (Å²) in [6.07, 6.45) is 0. The van der Waals surface area contributed by atoms with Crippen molar-refractivity contribution in [1.82, 2.24) is 0 Å². The summed E-state index contributed by atoms with van der Waals surface area (Å²) in [5.41, 5.74) is 19.6. The standard InChI is InChI=1S/2C22H25.C12H7Si.Zr/c2*1-14-10-15(2)16(3)20(11-14)19-9-7-8-17-12-18(13-21(17)19)22(4,5)6;1-3-7-11-9(5-1)10-6-2-4-8-12(10)13-11;/h2*7-13H,1-6H3;1-7H;/q3*-1;+3. The van der Waals surface area contributed by atoms with E-state index in [0.29, 0.717) is 0 Å². The summed E-state index contributed by atoms with van der Waals surface area (Å²) in [5.74, 6) is 0. The van der Waals surface area contributed by atoms with E-state index >= 15 is 0 Å². The fourth-order valence-corrected chi connectivity index (χ4v) is 9.48. The average Bonchev–Trinajstić information content (AvgIpc) is 3.91.